The summed E-state index contributed by atoms with van der Waals surface area (Å²) in [6.45, 7) is 4.68. The molecule has 2 aromatic rings. The second kappa shape index (κ2) is 6.49. The highest BCUT2D eigenvalue weighted by Crippen LogP contribution is 2.31. The molecule has 0 aliphatic heterocycles. The van der Waals surface area contributed by atoms with Crippen molar-refractivity contribution in [2.75, 3.05) is 6.54 Å². The summed E-state index contributed by atoms with van der Waals surface area (Å²) in [5, 5.41) is 3.29. The van der Waals surface area contributed by atoms with Crippen LogP contribution in [-0.2, 0) is 0 Å². The molecule has 0 spiro atoms. The van der Waals surface area contributed by atoms with Gasteiger partial charge in [0.25, 0.3) is 0 Å². The van der Waals surface area contributed by atoms with Crippen LogP contribution in [0.1, 0.15) is 28.3 Å². The van der Waals surface area contributed by atoms with Crippen LogP contribution in [-0.4, -0.2) is 12.9 Å². The average Bonchev–Trinajstić information content (AvgIpc) is 2.80. The second-order valence-electron chi connectivity index (χ2n) is 4.56. The van der Waals surface area contributed by atoms with E-state index in [1.54, 1.807) is 23.5 Å². The quantitative estimate of drug-likeness (QED) is 0.867. The maximum atomic E-state index is 12.3. The Morgan fingerprint density at radius 3 is 2.57 bits per heavy atom. The maximum absolute atomic E-state index is 12.3. The van der Waals surface area contributed by atoms with E-state index in [1.165, 1.54) is 12.1 Å². The first-order valence-electron chi connectivity index (χ1n) is 6.54. The molecule has 1 atom stereocenters. The third-order valence-electron chi connectivity index (χ3n) is 2.88. The first-order chi connectivity index (χ1) is 9.89. The molecule has 21 heavy (non-hydrogen) atoms. The number of thiophene rings is 1. The molecule has 0 saturated heterocycles. The Labute approximate surface area is 125 Å². The zero-order chi connectivity index (χ0) is 15.5. The largest absolute Gasteiger partial charge is 0.573 e. The lowest BCUT2D eigenvalue weighted by Crippen LogP contribution is -2.21. The first-order valence-corrected chi connectivity index (χ1v) is 7.36. The number of aryl methyl sites for hydroxylation is 1. The lowest BCUT2D eigenvalue weighted by atomic mass is 10.0. The van der Waals surface area contributed by atoms with Crippen molar-refractivity contribution in [3.63, 3.8) is 0 Å². The van der Waals surface area contributed by atoms with E-state index in [2.05, 4.69) is 10.1 Å². The molecule has 2 nitrogen and oxygen atoms in total. The predicted octanol–water partition coefficient (Wildman–Crippen LogP) is 4.65. The number of benzene rings is 1. The maximum Gasteiger partial charge on any atom is 0.573 e. The zero-order valence-corrected chi connectivity index (χ0v) is 12.5. The first kappa shape index (κ1) is 15.9. The third-order valence-corrected chi connectivity index (χ3v) is 3.94. The van der Waals surface area contributed by atoms with Crippen LogP contribution >= 0.6 is 11.3 Å². The van der Waals surface area contributed by atoms with Gasteiger partial charge in [-0.1, -0.05) is 19.1 Å². The average molecular weight is 315 g/mol. The Morgan fingerprint density at radius 2 is 2.00 bits per heavy atom. The molecule has 0 aliphatic carbocycles. The van der Waals surface area contributed by atoms with Crippen molar-refractivity contribution in [2.24, 2.45) is 0 Å². The molecule has 1 heterocycles. The van der Waals surface area contributed by atoms with Gasteiger partial charge in [-0.15, -0.1) is 24.5 Å². The Balaban J connectivity index is 2.30. The summed E-state index contributed by atoms with van der Waals surface area (Å²) >= 11 is 1.62. The van der Waals surface area contributed by atoms with E-state index in [9.17, 15) is 13.2 Å². The van der Waals surface area contributed by atoms with Crippen LogP contribution in [0, 0.1) is 6.92 Å². The summed E-state index contributed by atoms with van der Waals surface area (Å²) in [5.74, 6) is -0.198. The standard InChI is InChI=1S/C15H16F3NOS/c1-3-19-14(13-8-7-10(2)21-13)11-5-4-6-12(9-11)20-15(16,17)18/h4-9,14,19H,3H2,1-2H3. The van der Waals surface area contributed by atoms with Gasteiger partial charge in [-0.2, -0.15) is 0 Å². The Bertz CT molecular complexity index is 595. The predicted molar refractivity (Wildman–Crippen MR) is 77.7 cm³/mol. The van der Waals surface area contributed by atoms with Gasteiger partial charge in [-0.3, -0.25) is 0 Å². The van der Waals surface area contributed by atoms with Gasteiger partial charge < -0.3 is 10.1 Å². The fourth-order valence-electron chi connectivity index (χ4n) is 2.09. The number of rotatable bonds is 5. The Hall–Kier alpha value is -1.53. The van der Waals surface area contributed by atoms with Crippen molar-refractivity contribution in [3.05, 3.63) is 51.7 Å². The lowest BCUT2D eigenvalue weighted by molar-refractivity contribution is -0.274. The zero-order valence-electron chi connectivity index (χ0n) is 11.7. The Morgan fingerprint density at radius 1 is 1.24 bits per heavy atom. The van der Waals surface area contributed by atoms with Crippen molar-refractivity contribution in [2.45, 2.75) is 26.3 Å². The fourth-order valence-corrected chi connectivity index (χ4v) is 3.07. The number of hydrogen-bond acceptors (Lipinski definition) is 3. The van der Waals surface area contributed by atoms with E-state index < -0.39 is 6.36 Å². The topological polar surface area (TPSA) is 21.3 Å². The number of halogens is 3. The molecule has 1 aromatic heterocycles. The second-order valence-corrected chi connectivity index (χ2v) is 5.88. The van der Waals surface area contributed by atoms with Crippen LogP contribution in [0.2, 0.25) is 0 Å². The monoisotopic (exact) mass is 315 g/mol. The summed E-state index contributed by atoms with van der Waals surface area (Å²) in [6, 6.07) is 9.96. The van der Waals surface area contributed by atoms with Crippen LogP contribution < -0.4 is 10.1 Å². The van der Waals surface area contributed by atoms with Gasteiger partial charge in [-0.25, -0.2) is 0 Å². The minimum atomic E-state index is -4.67. The summed E-state index contributed by atoms with van der Waals surface area (Å²) < 4.78 is 40.9. The van der Waals surface area contributed by atoms with Crippen LogP contribution in [0.4, 0.5) is 13.2 Å². The molecule has 0 radical (unpaired) electrons. The molecule has 0 fully saturated rings. The fraction of sp³-hybridized carbons (Fsp3) is 0.333. The highest BCUT2D eigenvalue weighted by atomic mass is 32.1. The normalized spacial score (nSPS) is 13.2. The molecule has 0 bridgehead atoms. The highest BCUT2D eigenvalue weighted by Gasteiger charge is 2.31. The molecule has 1 N–H and O–H groups in total. The van der Waals surface area contributed by atoms with Gasteiger partial charge in [0.1, 0.15) is 5.75 Å². The van der Waals surface area contributed by atoms with Gasteiger partial charge in [0.15, 0.2) is 0 Å². The van der Waals surface area contributed by atoms with Crippen molar-refractivity contribution in [3.8, 4) is 5.75 Å². The van der Waals surface area contributed by atoms with E-state index in [0.29, 0.717) is 6.54 Å². The van der Waals surface area contributed by atoms with E-state index in [-0.39, 0.29) is 11.8 Å². The molecular formula is C15H16F3NOS. The third kappa shape index (κ3) is 4.47. The molecule has 1 aromatic carbocycles. The van der Waals surface area contributed by atoms with Crippen LogP contribution in [0.25, 0.3) is 0 Å². The summed E-state index contributed by atoms with van der Waals surface area (Å²) in [6.07, 6.45) is -4.67. The SMILES string of the molecule is CCNC(c1cccc(OC(F)(F)F)c1)c1ccc(C)s1. The van der Waals surface area contributed by atoms with E-state index in [1.807, 2.05) is 26.0 Å². The van der Waals surface area contributed by atoms with Crippen molar-refractivity contribution in [1.29, 1.82) is 0 Å². The highest BCUT2D eigenvalue weighted by molar-refractivity contribution is 7.12. The summed E-state index contributed by atoms with van der Waals surface area (Å²) in [7, 11) is 0. The van der Waals surface area contributed by atoms with Crippen LogP contribution in [0.15, 0.2) is 36.4 Å². The molecule has 0 aliphatic rings. The number of hydrogen-bond donors (Lipinski definition) is 1. The molecule has 6 heteroatoms. The lowest BCUT2D eigenvalue weighted by Gasteiger charge is -2.18. The smallest absolute Gasteiger partial charge is 0.406 e. The number of nitrogens with one attached hydrogen (secondary N) is 1. The molecule has 1 unspecified atom stereocenters. The molecule has 2 rings (SSSR count). The van der Waals surface area contributed by atoms with Gasteiger partial charge >= 0.3 is 6.36 Å². The summed E-state index contributed by atoms with van der Waals surface area (Å²) in [5.41, 5.74) is 0.750. The van der Waals surface area contributed by atoms with Crippen molar-refractivity contribution in [1.82, 2.24) is 5.32 Å². The minimum Gasteiger partial charge on any atom is -0.406 e. The van der Waals surface area contributed by atoms with Crippen molar-refractivity contribution < 1.29 is 17.9 Å². The van der Waals surface area contributed by atoms with E-state index in [4.69, 9.17) is 0 Å². The molecular weight excluding hydrogens is 299 g/mol. The van der Waals surface area contributed by atoms with Gasteiger partial charge in [0.05, 0.1) is 6.04 Å². The Kier molecular flexibility index (Phi) is 4.90. The molecule has 0 amide bonds. The number of alkyl halides is 3. The molecule has 0 saturated carbocycles. The van der Waals surface area contributed by atoms with Crippen LogP contribution in [0.5, 0.6) is 5.75 Å². The minimum absolute atomic E-state index is 0.134. The van der Waals surface area contributed by atoms with Gasteiger partial charge in [0, 0.05) is 9.75 Å². The van der Waals surface area contributed by atoms with Gasteiger partial charge in [0.2, 0.25) is 0 Å². The number of ether oxygens (including phenoxy) is 1. The molecule has 114 valence electrons. The van der Waals surface area contributed by atoms with Crippen LogP contribution in [0.3, 0.4) is 0 Å². The van der Waals surface area contributed by atoms with Gasteiger partial charge in [-0.05, 0) is 43.3 Å². The van der Waals surface area contributed by atoms with E-state index >= 15 is 0 Å². The summed E-state index contributed by atoms with van der Waals surface area (Å²) in [4.78, 5) is 2.23. The van der Waals surface area contributed by atoms with E-state index in [0.717, 1.165) is 15.3 Å². The van der Waals surface area contributed by atoms with Crippen molar-refractivity contribution >= 4 is 11.3 Å².